The van der Waals surface area contributed by atoms with Crippen molar-refractivity contribution in [3.63, 3.8) is 0 Å². The van der Waals surface area contributed by atoms with Crippen LogP contribution in [-0.2, 0) is 19.6 Å². The molecule has 1 N–H and O–H groups in total. The number of carbonyl (C=O) groups excluding carboxylic acids is 2. The molecule has 0 unspecified atom stereocenters. The highest BCUT2D eigenvalue weighted by Crippen LogP contribution is 2.23. The number of nitrogens with zero attached hydrogens (tertiary/aromatic N) is 1. The summed E-state index contributed by atoms with van der Waals surface area (Å²) in [6, 6.07) is 3.80. The summed E-state index contributed by atoms with van der Waals surface area (Å²) in [6.45, 7) is 7.33. The fraction of sp³-hybridized carbons (Fsp3) is 0.529. The minimum absolute atomic E-state index is 0.0349. The van der Waals surface area contributed by atoms with Gasteiger partial charge in [-0.25, -0.2) is 13.2 Å². The van der Waals surface area contributed by atoms with Crippen LogP contribution in [0.3, 0.4) is 0 Å². The maximum atomic E-state index is 12.6. The molecule has 0 radical (unpaired) electrons. The van der Waals surface area contributed by atoms with Crippen molar-refractivity contribution >= 4 is 33.5 Å². The van der Waals surface area contributed by atoms with Gasteiger partial charge in [-0.2, -0.15) is 4.31 Å². The van der Waals surface area contributed by atoms with Crippen molar-refractivity contribution in [2.75, 3.05) is 19.7 Å². The third kappa shape index (κ3) is 5.69. The SMILES string of the molecule is CC[C@@H](C)NC(=O)COC(=O)c1cc(S(=O)(=O)N(CC)CC)ccc1Cl. The van der Waals surface area contributed by atoms with Crippen LogP contribution in [-0.4, -0.2) is 50.3 Å². The summed E-state index contributed by atoms with van der Waals surface area (Å²) in [5, 5.41) is 2.72. The molecule has 1 aromatic carbocycles. The van der Waals surface area contributed by atoms with Gasteiger partial charge in [0, 0.05) is 19.1 Å². The number of hydrogen-bond acceptors (Lipinski definition) is 5. The van der Waals surface area contributed by atoms with E-state index in [1.165, 1.54) is 22.5 Å². The summed E-state index contributed by atoms with van der Waals surface area (Å²) in [5.74, 6) is -1.29. The second kappa shape index (κ2) is 9.89. The Kier molecular flexibility index (Phi) is 8.52. The van der Waals surface area contributed by atoms with Gasteiger partial charge in [-0.05, 0) is 31.5 Å². The van der Waals surface area contributed by atoms with E-state index in [0.717, 1.165) is 6.42 Å². The number of halogens is 1. The van der Waals surface area contributed by atoms with Crippen LogP contribution in [0.4, 0.5) is 0 Å². The minimum atomic E-state index is -3.74. The molecule has 0 saturated carbocycles. The van der Waals surface area contributed by atoms with Crippen LogP contribution in [0.15, 0.2) is 23.1 Å². The zero-order valence-corrected chi connectivity index (χ0v) is 17.0. The van der Waals surface area contributed by atoms with E-state index in [2.05, 4.69) is 5.32 Å². The van der Waals surface area contributed by atoms with Crippen LogP contribution >= 0.6 is 11.6 Å². The number of rotatable bonds is 9. The van der Waals surface area contributed by atoms with E-state index in [-0.39, 0.29) is 21.5 Å². The van der Waals surface area contributed by atoms with E-state index in [1.54, 1.807) is 13.8 Å². The molecule has 0 aliphatic heterocycles. The number of amides is 1. The van der Waals surface area contributed by atoms with Crippen molar-refractivity contribution in [3.8, 4) is 0 Å². The molecule has 1 aromatic rings. The molecule has 0 heterocycles. The number of benzene rings is 1. The van der Waals surface area contributed by atoms with Crippen LogP contribution in [0.5, 0.6) is 0 Å². The number of esters is 1. The molecule has 0 saturated heterocycles. The van der Waals surface area contributed by atoms with Crippen molar-refractivity contribution in [2.24, 2.45) is 0 Å². The summed E-state index contributed by atoms with van der Waals surface area (Å²) in [7, 11) is -3.74. The fourth-order valence-corrected chi connectivity index (χ4v) is 3.84. The van der Waals surface area contributed by atoms with Crippen molar-refractivity contribution in [1.29, 1.82) is 0 Å². The number of nitrogens with one attached hydrogen (secondary N) is 1. The molecular formula is C17H25ClN2O5S. The highest BCUT2D eigenvalue weighted by molar-refractivity contribution is 7.89. The first kappa shape index (κ1) is 22.4. The Bertz CT molecular complexity index is 748. The average Bonchev–Trinajstić information content (AvgIpc) is 2.60. The Labute approximate surface area is 159 Å². The molecule has 1 rings (SSSR count). The van der Waals surface area contributed by atoms with Crippen LogP contribution in [0, 0.1) is 0 Å². The standard InChI is InChI=1S/C17H25ClN2O5S/c1-5-12(4)19-16(21)11-25-17(22)14-10-13(8-9-15(14)18)26(23,24)20(6-2)7-3/h8-10,12H,5-7,11H2,1-4H3,(H,19,21)/t12-/m1/s1. The first-order chi connectivity index (χ1) is 12.2. The van der Waals surface area contributed by atoms with E-state index in [0.29, 0.717) is 13.1 Å². The van der Waals surface area contributed by atoms with Gasteiger partial charge in [0.25, 0.3) is 5.91 Å². The summed E-state index contributed by atoms with van der Waals surface area (Å²) < 4.78 is 31.4. The van der Waals surface area contributed by atoms with E-state index in [1.807, 2.05) is 13.8 Å². The molecule has 0 aromatic heterocycles. The molecule has 146 valence electrons. The van der Waals surface area contributed by atoms with Gasteiger partial charge in [-0.3, -0.25) is 4.79 Å². The average molecular weight is 405 g/mol. The number of sulfonamides is 1. The number of ether oxygens (including phenoxy) is 1. The summed E-state index contributed by atoms with van der Waals surface area (Å²) >= 11 is 6.00. The quantitative estimate of drug-likeness (QED) is 0.638. The Morgan fingerprint density at radius 1 is 1.23 bits per heavy atom. The third-order valence-corrected chi connectivity index (χ3v) is 6.23. The lowest BCUT2D eigenvalue weighted by Gasteiger charge is -2.19. The van der Waals surface area contributed by atoms with E-state index >= 15 is 0 Å². The molecule has 1 atom stereocenters. The molecule has 9 heteroatoms. The van der Waals surface area contributed by atoms with E-state index in [9.17, 15) is 18.0 Å². The molecule has 7 nitrogen and oxygen atoms in total. The molecule has 0 spiro atoms. The molecule has 1 amide bonds. The van der Waals surface area contributed by atoms with E-state index < -0.39 is 28.5 Å². The van der Waals surface area contributed by atoms with Gasteiger partial charge in [0.05, 0.1) is 15.5 Å². The Balaban J connectivity index is 2.97. The van der Waals surface area contributed by atoms with Crippen molar-refractivity contribution in [3.05, 3.63) is 28.8 Å². The smallest absolute Gasteiger partial charge is 0.340 e. The molecular weight excluding hydrogens is 380 g/mol. The Morgan fingerprint density at radius 2 is 1.85 bits per heavy atom. The van der Waals surface area contributed by atoms with Gasteiger partial charge in [-0.1, -0.05) is 32.4 Å². The van der Waals surface area contributed by atoms with Gasteiger partial charge in [-0.15, -0.1) is 0 Å². The van der Waals surface area contributed by atoms with Gasteiger partial charge in [0.15, 0.2) is 6.61 Å². The molecule has 0 fully saturated rings. The van der Waals surface area contributed by atoms with Crippen molar-refractivity contribution < 1.29 is 22.7 Å². The lowest BCUT2D eigenvalue weighted by molar-refractivity contribution is -0.124. The van der Waals surface area contributed by atoms with Crippen LogP contribution in [0.2, 0.25) is 5.02 Å². The van der Waals surface area contributed by atoms with Gasteiger partial charge < -0.3 is 10.1 Å². The maximum absolute atomic E-state index is 12.6. The number of hydrogen-bond donors (Lipinski definition) is 1. The van der Waals surface area contributed by atoms with Gasteiger partial charge >= 0.3 is 5.97 Å². The lowest BCUT2D eigenvalue weighted by atomic mass is 10.2. The van der Waals surface area contributed by atoms with Crippen LogP contribution in [0.1, 0.15) is 44.5 Å². The number of carbonyl (C=O) groups is 2. The second-order valence-electron chi connectivity index (χ2n) is 5.68. The largest absolute Gasteiger partial charge is 0.452 e. The van der Waals surface area contributed by atoms with Gasteiger partial charge in [0.2, 0.25) is 10.0 Å². The zero-order chi connectivity index (χ0) is 19.9. The predicted molar refractivity (Wildman–Crippen MR) is 99.7 cm³/mol. The summed E-state index contributed by atoms with van der Waals surface area (Å²) in [4.78, 5) is 23.9. The Hall–Kier alpha value is -1.64. The highest BCUT2D eigenvalue weighted by Gasteiger charge is 2.24. The fourth-order valence-electron chi connectivity index (χ4n) is 2.16. The monoisotopic (exact) mass is 404 g/mol. The molecule has 0 aliphatic rings. The topological polar surface area (TPSA) is 92.8 Å². The summed E-state index contributed by atoms with van der Waals surface area (Å²) in [6.07, 6.45) is 0.747. The lowest BCUT2D eigenvalue weighted by Crippen LogP contribution is -2.35. The predicted octanol–water partition coefficient (Wildman–Crippen LogP) is 2.44. The first-order valence-electron chi connectivity index (χ1n) is 8.43. The summed E-state index contributed by atoms with van der Waals surface area (Å²) in [5.41, 5.74) is -0.101. The van der Waals surface area contributed by atoms with Crippen molar-refractivity contribution in [2.45, 2.75) is 45.1 Å². The van der Waals surface area contributed by atoms with Crippen LogP contribution < -0.4 is 5.32 Å². The highest BCUT2D eigenvalue weighted by atomic mass is 35.5. The molecule has 26 heavy (non-hydrogen) atoms. The van der Waals surface area contributed by atoms with Gasteiger partial charge in [0.1, 0.15) is 0 Å². The zero-order valence-electron chi connectivity index (χ0n) is 15.4. The molecule has 0 bridgehead atoms. The second-order valence-corrected chi connectivity index (χ2v) is 8.03. The Morgan fingerprint density at radius 3 is 2.38 bits per heavy atom. The third-order valence-electron chi connectivity index (χ3n) is 3.86. The van der Waals surface area contributed by atoms with Crippen LogP contribution in [0.25, 0.3) is 0 Å². The van der Waals surface area contributed by atoms with Crippen molar-refractivity contribution in [1.82, 2.24) is 9.62 Å². The minimum Gasteiger partial charge on any atom is -0.452 e. The maximum Gasteiger partial charge on any atom is 0.340 e. The normalized spacial score (nSPS) is 12.7. The van der Waals surface area contributed by atoms with E-state index in [4.69, 9.17) is 16.3 Å². The first-order valence-corrected chi connectivity index (χ1v) is 10.2. The molecule has 0 aliphatic carbocycles.